The fraction of sp³-hybridized carbons (Fsp3) is 0.111. The van der Waals surface area contributed by atoms with E-state index in [0.29, 0.717) is 16.3 Å². The Labute approximate surface area is 167 Å². The van der Waals surface area contributed by atoms with E-state index in [-0.39, 0.29) is 23.2 Å². The molecule has 0 fully saturated rings. The summed E-state index contributed by atoms with van der Waals surface area (Å²) >= 11 is 6.09. The molecule has 0 aliphatic carbocycles. The van der Waals surface area contributed by atoms with Crippen molar-refractivity contribution in [2.75, 3.05) is 14.2 Å². The molecule has 0 atom stereocenters. The van der Waals surface area contributed by atoms with Gasteiger partial charge in [-0.2, -0.15) is 10.1 Å². The summed E-state index contributed by atoms with van der Waals surface area (Å²) < 4.78 is 46.0. The first-order valence-electron chi connectivity index (χ1n) is 8.12. The zero-order chi connectivity index (χ0) is 20.5. The molecule has 0 radical (unpaired) electrons. The summed E-state index contributed by atoms with van der Waals surface area (Å²) in [5.41, 5.74) is 0.431. The van der Waals surface area contributed by atoms with Gasteiger partial charge in [0, 0.05) is 11.1 Å². The summed E-state index contributed by atoms with van der Waals surface area (Å²) in [4.78, 5) is 8.04. The molecule has 29 heavy (non-hydrogen) atoms. The molecule has 0 unspecified atom stereocenters. The normalized spacial score (nSPS) is 10.9. The maximum absolute atomic E-state index is 14.8. The van der Waals surface area contributed by atoms with Crippen LogP contribution in [0.2, 0.25) is 5.02 Å². The number of halogens is 3. The number of methoxy groups -OCH3 is 2. The molecule has 4 aromatic rings. The molecule has 0 spiro atoms. The van der Waals surface area contributed by atoms with Crippen molar-refractivity contribution < 1.29 is 22.8 Å². The molecule has 0 aliphatic heterocycles. The van der Waals surface area contributed by atoms with Gasteiger partial charge in [0.2, 0.25) is 5.82 Å². The van der Waals surface area contributed by atoms with E-state index >= 15 is 0 Å². The Kier molecular flexibility index (Phi) is 4.85. The van der Waals surface area contributed by atoms with E-state index in [2.05, 4.69) is 20.2 Å². The molecule has 0 amide bonds. The molecule has 2 aromatic carbocycles. The second-order valence-electron chi connectivity index (χ2n) is 5.71. The quantitative estimate of drug-likeness (QED) is 0.484. The number of aromatic nitrogens is 5. The highest BCUT2D eigenvalue weighted by atomic mass is 35.5. The second kappa shape index (κ2) is 7.47. The predicted molar refractivity (Wildman–Crippen MR) is 98.1 cm³/mol. The zero-order valence-corrected chi connectivity index (χ0v) is 15.8. The Morgan fingerprint density at radius 2 is 1.97 bits per heavy atom. The Hall–Kier alpha value is -3.53. The van der Waals surface area contributed by atoms with Crippen molar-refractivity contribution in [1.29, 1.82) is 0 Å². The molecule has 0 saturated carbocycles. The Morgan fingerprint density at radius 1 is 1.14 bits per heavy atom. The number of benzene rings is 2. The summed E-state index contributed by atoms with van der Waals surface area (Å²) in [7, 11) is 2.51. The van der Waals surface area contributed by atoms with Crippen molar-refractivity contribution in [1.82, 2.24) is 24.9 Å². The average Bonchev–Trinajstić information content (AvgIpc) is 3.40. The lowest BCUT2D eigenvalue weighted by atomic mass is 10.1. The van der Waals surface area contributed by atoms with Gasteiger partial charge in [-0.25, -0.2) is 18.4 Å². The molecule has 0 saturated heterocycles. The largest absolute Gasteiger partial charge is 0.493 e. The highest BCUT2D eigenvalue weighted by molar-refractivity contribution is 6.31. The second-order valence-corrected chi connectivity index (χ2v) is 6.14. The minimum atomic E-state index is -1.01. The summed E-state index contributed by atoms with van der Waals surface area (Å²) in [6, 6.07) is 5.87. The molecule has 4 rings (SSSR count). The molecular weight excluding hydrogens is 408 g/mol. The van der Waals surface area contributed by atoms with Crippen molar-refractivity contribution in [2.45, 2.75) is 0 Å². The first-order valence-corrected chi connectivity index (χ1v) is 8.50. The number of hydrogen-bond acceptors (Lipinski definition) is 7. The van der Waals surface area contributed by atoms with E-state index < -0.39 is 17.2 Å². The van der Waals surface area contributed by atoms with Gasteiger partial charge in [-0.15, -0.1) is 0 Å². The van der Waals surface area contributed by atoms with Crippen LogP contribution < -0.4 is 9.47 Å². The Bertz CT molecular complexity index is 1180. The van der Waals surface area contributed by atoms with E-state index in [1.54, 1.807) is 18.2 Å². The molecule has 0 aliphatic rings. The van der Waals surface area contributed by atoms with Crippen molar-refractivity contribution in [3.05, 3.63) is 53.6 Å². The highest BCUT2D eigenvalue weighted by Gasteiger charge is 2.26. The number of hydrogen-bond donors (Lipinski definition) is 0. The fourth-order valence-electron chi connectivity index (χ4n) is 2.77. The molecule has 2 heterocycles. The first-order chi connectivity index (χ1) is 14.0. The van der Waals surface area contributed by atoms with Crippen molar-refractivity contribution in [2.24, 2.45) is 0 Å². The van der Waals surface area contributed by atoms with Crippen LogP contribution in [-0.2, 0) is 0 Å². The van der Waals surface area contributed by atoms with Gasteiger partial charge in [-0.3, -0.25) is 0 Å². The van der Waals surface area contributed by atoms with Gasteiger partial charge in [0.05, 0.1) is 31.0 Å². The topological polar surface area (TPSA) is 88.1 Å². The Morgan fingerprint density at radius 3 is 2.66 bits per heavy atom. The third-order valence-corrected chi connectivity index (χ3v) is 4.30. The smallest absolute Gasteiger partial charge is 0.260 e. The van der Waals surface area contributed by atoms with Crippen LogP contribution in [0.1, 0.15) is 0 Å². The lowest BCUT2D eigenvalue weighted by Crippen LogP contribution is -2.00. The van der Waals surface area contributed by atoms with Gasteiger partial charge in [0.1, 0.15) is 18.5 Å². The number of rotatable bonds is 5. The summed E-state index contributed by atoms with van der Waals surface area (Å²) in [6.07, 6.45) is 2.82. The maximum Gasteiger partial charge on any atom is 0.260 e. The van der Waals surface area contributed by atoms with Gasteiger partial charge in [-0.1, -0.05) is 16.8 Å². The third-order valence-electron chi connectivity index (χ3n) is 4.07. The lowest BCUT2D eigenvalue weighted by Gasteiger charge is -2.11. The molecule has 0 bridgehead atoms. The van der Waals surface area contributed by atoms with Crippen molar-refractivity contribution in [3.8, 4) is 40.0 Å². The van der Waals surface area contributed by atoms with Gasteiger partial charge in [0.25, 0.3) is 5.89 Å². The monoisotopic (exact) mass is 419 g/mol. The van der Waals surface area contributed by atoms with E-state index in [9.17, 15) is 8.78 Å². The van der Waals surface area contributed by atoms with Crippen LogP contribution in [0.15, 0.2) is 41.4 Å². The summed E-state index contributed by atoms with van der Waals surface area (Å²) in [6.45, 7) is 0. The molecule has 0 N–H and O–H groups in total. The van der Waals surface area contributed by atoms with Crippen LogP contribution in [-0.4, -0.2) is 39.1 Å². The number of nitrogens with zero attached hydrogens (tertiary/aromatic N) is 5. The predicted octanol–water partition coefficient (Wildman–Crippen LogP) is 3.93. The molecule has 148 valence electrons. The van der Waals surface area contributed by atoms with Crippen LogP contribution in [0.5, 0.6) is 11.5 Å². The lowest BCUT2D eigenvalue weighted by molar-refractivity contribution is 0.334. The van der Waals surface area contributed by atoms with Crippen molar-refractivity contribution in [3.63, 3.8) is 0 Å². The van der Waals surface area contributed by atoms with Gasteiger partial charge >= 0.3 is 0 Å². The Balaban J connectivity index is 1.85. The van der Waals surface area contributed by atoms with Crippen LogP contribution in [0.3, 0.4) is 0 Å². The minimum Gasteiger partial charge on any atom is -0.493 e. The van der Waals surface area contributed by atoms with E-state index in [1.807, 2.05) is 0 Å². The van der Waals surface area contributed by atoms with Gasteiger partial charge in [0.15, 0.2) is 17.3 Å². The van der Waals surface area contributed by atoms with Gasteiger partial charge in [-0.05, 0) is 18.2 Å². The van der Waals surface area contributed by atoms with E-state index in [1.165, 1.54) is 31.6 Å². The van der Waals surface area contributed by atoms with E-state index in [4.69, 9.17) is 25.6 Å². The SMILES string of the molecule is COc1cc(F)c(-c2noc(-c3cc(Cl)ccc3-n3cncn3)n2)c(F)c1OC. The zero-order valence-electron chi connectivity index (χ0n) is 15.1. The van der Waals surface area contributed by atoms with Gasteiger partial charge < -0.3 is 14.0 Å². The highest BCUT2D eigenvalue weighted by Crippen LogP contribution is 2.39. The molecular formula is C18H12ClF2N5O3. The van der Waals surface area contributed by atoms with Crippen molar-refractivity contribution >= 4 is 11.6 Å². The third kappa shape index (κ3) is 3.27. The first kappa shape index (κ1) is 18.8. The average molecular weight is 420 g/mol. The van der Waals surface area contributed by atoms with E-state index in [0.717, 1.165) is 6.07 Å². The molecule has 2 aromatic heterocycles. The van der Waals surface area contributed by atoms with Crippen LogP contribution in [0.25, 0.3) is 28.5 Å². The summed E-state index contributed by atoms with van der Waals surface area (Å²) in [5, 5.41) is 8.17. The van der Waals surface area contributed by atoms with Crippen LogP contribution in [0.4, 0.5) is 8.78 Å². The molecule has 8 nitrogen and oxygen atoms in total. The minimum absolute atomic E-state index is 0.0124. The maximum atomic E-state index is 14.8. The number of ether oxygens (including phenoxy) is 2. The standard InChI is InChI=1S/C18H12ClF2N5O3/c1-27-13-6-11(20)14(15(21)16(13)28-2)17-24-18(29-25-17)10-5-9(19)3-4-12(10)26-8-22-7-23-26/h3-8H,1-2H3. The van der Waals surface area contributed by atoms with Crippen LogP contribution >= 0.6 is 11.6 Å². The van der Waals surface area contributed by atoms with Crippen LogP contribution in [0, 0.1) is 11.6 Å². The summed E-state index contributed by atoms with van der Waals surface area (Å²) in [5.74, 6) is -2.64. The fourth-order valence-corrected chi connectivity index (χ4v) is 2.94. The molecule has 11 heteroatoms.